The Balaban J connectivity index is 1.41. The average Bonchev–Trinajstić information content (AvgIpc) is 3.53. The van der Waals surface area contributed by atoms with Gasteiger partial charge >= 0.3 is 0 Å². The number of carbonyl (C=O) groups excluding carboxylic acids is 2. The maximum absolute atomic E-state index is 14.0. The topological polar surface area (TPSA) is 52.7 Å². The van der Waals surface area contributed by atoms with Crippen LogP contribution in [0.2, 0.25) is 0 Å². The normalized spacial score (nSPS) is 17.8. The summed E-state index contributed by atoms with van der Waals surface area (Å²) in [5.74, 6) is -0.569. The van der Waals surface area contributed by atoms with Gasteiger partial charge in [-0.25, -0.2) is 4.39 Å². The first-order valence-electron chi connectivity index (χ1n) is 10.1. The fourth-order valence-electron chi connectivity index (χ4n) is 3.94. The summed E-state index contributed by atoms with van der Waals surface area (Å²) < 4.78 is 14.0. The highest BCUT2D eigenvalue weighted by Gasteiger charge is 2.58. The van der Waals surface area contributed by atoms with Crippen LogP contribution in [0.4, 0.5) is 15.8 Å². The van der Waals surface area contributed by atoms with Crippen LogP contribution in [0.5, 0.6) is 0 Å². The van der Waals surface area contributed by atoms with Crippen LogP contribution in [0.3, 0.4) is 0 Å². The van der Waals surface area contributed by atoms with Gasteiger partial charge in [0.1, 0.15) is 11.2 Å². The second-order valence-electron chi connectivity index (χ2n) is 8.09. The van der Waals surface area contributed by atoms with Crippen molar-refractivity contribution >= 4 is 23.2 Å². The minimum Gasteiger partial charge on any atom is -0.366 e. The molecule has 152 valence electrons. The minimum absolute atomic E-state index is 0.103. The number of piperazine rings is 1. The van der Waals surface area contributed by atoms with E-state index < -0.39 is 5.41 Å². The number of nitrogens with zero attached hydrogens (tertiary/aromatic N) is 2. The maximum Gasteiger partial charge on any atom is 0.240 e. The Bertz CT molecular complexity index is 947. The Morgan fingerprint density at radius 3 is 2.34 bits per heavy atom. The first-order valence-corrected chi connectivity index (χ1v) is 10.1. The second kappa shape index (κ2) is 7.50. The number of amides is 2. The molecule has 2 aliphatic rings. The van der Waals surface area contributed by atoms with E-state index in [2.05, 4.69) is 5.32 Å². The van der Waals surface area contributed by atoms with E-state index in [9.17, 15) is 14.0 Å². The molecule has 29 heavy (non-hydrogen) atoms. The molecule has 1 heterocycles. The molecule has 0 unspecified atom stereocenters. The monoisotopic (exact) mass is 395 g/mol. The summed E-state index contributed by atoms with van der Waals surface area (Å²) >= 11 is 0. The van der Waals surface area contributed by atoms with Crippen molar-refractivity contribution in [2.75, 3.05) is 36.4 Å². The van der Waals surface area contributed by atoms with Crippen LogP contribution in [0, 0.1) is 25.1 Å². The van der Waals surface area contributed by atoms with Crippen molar-refractivity contribution < 1.29 is 14.0 Å². The zero-order valence-corrected chi connectivity index (χ0v) is 16.9. The van der Waals surface area contributed by atoms with E-state index in [4.69, 9.17) is 0 Å². The summed E-state index contributed by atoms with van der Waals surface area (Å²) in [4.78, 5) is 29.8. The molecule has 1 aliphatic heterocycles. The zero-order chi connectivity index (χ0) is 20.6. The van der Waals surface area contributed by atoms with Crippen molar-refractivity contribution in [3.05, 3.63) is 59.4 Å². The van der Waals surface area contributed by atoms with Gasteiger partial charge in [-0.05, 0) is 56.0 Å². The third-order valence-corrected chi connectivity index (χ3v) is 6.00. The van der Waals surface area contributed by atoms with Gasteiger partial charge in [0.15, 0.2) is 0 Å². The zero-order valence-electron chi connectivity index (χ0n) is 16.9. The Morgan fingerprint density at radius 2 is 1.69 bits per heavy atom. The lowest BCUT2D eigenvalue weighted by Crippen LogP contribution is -2.52. The first kappa shape index (κ1) is 19.4. The Morgan fingerprint density at radius 1 is 1.00 bits per heavy atom. The molecule has 0 atom stereocenters. The Labute approximate surface area is 170 Å². The SMILES string of the molecule is Cc1ccc(C)c(NC(=O)C2(C(=O)N3CCN(c4ccccc4F)CC3)CC2)c1. The van der Waals surface area contributed by atoms with Gasteiger partial charge in [0.2, 0.25) is 11.8 Å². The summed E-state index contributed by atoms with van der Waals surface area (Å²) in [6.45, 7) is 6.01. The van der Waals surface area contributed by atoms with Crippen LogP contribution >= 0.6 is 0 Å². The maximum atomic E-state index is 14.0. The summed E-state index contributed by atoms with van der Waals surface area (Å²) in [6, 6.07) is 12.6. The van der Waals surface area contributed by atoms with Gasteiger partial charge in [-0.1, -0.05) is 24.3 Å². The summed E-state index contributed by atoms with van der Waals surface area (Å²) in [7, 11) is 0. The van der Waals surface area contributed by atoms with Crippen molar-refractivity contribution in [2.24, 2.45) is 5.41 Å². The lowest BCUT2D eigenvalue weighted by Gasteiger charge is -2.37. The van der Waals surface area contributed by atoms with Gasteiger partial charge in [0.05, 0.1) is 5.69 Å². The smallest absolute Gasteiger partial charge is 0.240 e. The molecular weight excluding hydrogens is 369 g/mol. The van der Waals surface area contributed by atoms with E-state index in [-0.39, 0.29) is 17.6 Å². The molecule has 2 aromatic rings. The molecule has 0 aromatic heterocycles. The Hall–Kier alpha value is -2.89. The predicted molar refractivity (Wildman–Crippen MR) is 111 cm³/mol. The van der Waals surface area contributed by atoms with Crippen LogP contribution in [0.25, 0.3) is 0 Å². The molecule has 1 N–H and O–H groups in total. The molecular formula is C23H26FN3O2. The predicted octanol–water partition coefficient (Wildman–Crippen LogP) is 3.51. The molecule has 4 rings (SSSR count). The van der Waals surface area contributed by atoms with E-state index >= 15 is 0 Å². The molecule has 1 aliphatic carbocycles. The molecule has 1 saturated heterocycles. The fourth-order valence-corrected chi connectivity index (χ4v) is 3.94. The number of para-hydroxylation sites is 1. The largest absolute Gasteiger partial charge is 0.366 e. The number of halogens is 1. The molecule has 2 aromatic carbocycles. The fraction of sp³-hybridized carbons (Fsp3) is 0.391. The highest BCUT2D eigenvalue weighted by Crippen LogP contribution is 2.48. The molecule has 5 nitrogen and oxygen atoms in total. The molecule has 0 bridgehead atoms. The number of aryl methyl sites for hydroxylation is 2. The van der Waals surface area contributed by atoms with E-state index in [0.717, 1.165) is 16.8 Å². The number of carbonyl (C=O) groups is 2. The van der Waals surface area contributed by atoms with E-state index in [1.807, 2.05) is 43.0 Å². The van der Waals surface area contributed by atoms with Crippen molar-refractivity contribution in [1.82, 2.24) is 4.90 Å². The quantitative estimate of drug-likeness (QED) is 0.806. The van der Waals surface area contributed by atoms with Gasteiger partial charge in [-0.2, -0.15) is 0 Å². The molecule has 1 saturated carbocycles. The number of nitrogens with one attached hydrogen (secondary N) is 1. The number of benzene rings is 2. The van der Waals surface area contributed by atoms with Crippen molar-refractivity contribution in [1.29, 1.82) is 0 Å². The Kier molecular flexibility index (Phi) is 5.03. The van der Waals surface area contributed by atoms with Crippen LogP contribution in [0.15, 0.2) is 42.5 Å². The summed E-state index contributed by atoms with van der Waals surface area (Å²) in [6.07, 6.45) is 1.16. The van der Waals surface area contributed by atoms with Gasteiger partial charge < -0.3 is 15.1 Å². The van der Waals surface area contributed by atoms with Crippen molar-refractivity contribution in [2.45, 2.75) is 26.7 Å². The molecule has 2 amide bonds. The van der Waals surface area contributed by atoms with E-state index in [1.54, 1.807) is 17.0 Å². The van der Waals surface area contributed by atoms with Crippen LogP contribution < -0.4 is 10.2 Å². The molecule has 2 fully saturated rings. The minimum atomic E-state index is -0.948. The molecule has 0 spiro atoms. The number of hydrogen-bond donors (Lipinski definition) is 1. The molecule has 0 radical (unpaired) electrons. The molecule has 6 heteroatoms. The van der Waals surface area contributed by atoms with E-state index in [0.29, 0.717) is 44.7 Å². The van der Waals surface area contributed by atoms with Gasteiger partial charge in [-0.15, -0.1) is 0 Å². The van der Waals surface area contributed by atoms with Crippen LogP contribution in [-0.2, 0) is 9.59 Å². The van der Waals surface area contributed by atoms with Crippen molar-refractivity contribution in [3.8, 4) is 0 Å². The second-order valence-corrected chi connectivity index (χ2v) is 8.09. The highest BCUT2D eigenvalue weighted by atomic mass is 19.1. The third-order valence-electron chi connectivity index (χ3n) is 6.00. The lowest BCUT2D eigenvalue weighted by atomic mass is 10.0. The highest BCUT2D eigenvalue weighted by molar-refractivity contribution is 6.13. The van der Waals surface area contributed by atoms with Gasteiger partial charge in [0.25, 0.3) is 0 Å². The van der Waals surface area contributed by atoms with Crippen molar-refractivity contribution in [3.63, 3.8) is 0 Å². The van der Waals surface area contributed by atoms with E-state index in [1.165, 1.54) is 6.07 Å². The third kappa shape index (κ3) is 3.71. The summed E-state index contributed by atoms with van der Waals surface area (Å²) in [5, 5.41) is 2.97. The van der Waals surface area contributed by atoms with Gasteiger partial charge in [-0.3, -0.25) is 9.59 Å². The average molecular weight is 395 g/mol. The van der Waals surface area contributed by atoms with Crippen LogP contribution in [0.1, 0.15) is 24.0 Å². The standard InChI is InChI=1S/C23H26FN3O2/c1-16-7-8-17(2)19(15-16)25-21(28)23(9-10-23)22(29)27-13-11-26(12-14-27)20-6-4-3-5-18(20)24/h3-8,15H,9-14H2,1-2H3,(H,25,28). The first-order chi connectivity index (χ1) is 13.9. The van der Waals surface area contributed by atoms with Crippen LogP contribution in [-0.4, -0.2) is 42.9 Å². The number of anilines is 2. The number of rotatable bonds is 4. The lowest BCUT2D eigenvalue weighted by molar-refractivity contribution is -0.142. The van der Waals surface area contributed by atoms with Gasteiger partial charge in [0, 0.05) is 31.9 Å². The number of hydrogen-bond acceptors (Lipinski definition) is 3. The summed E-state index contributed by atoms with van der Waals surface area (Å²) in [5.41, 5.74) is 2.42.